The molecule has 0 saturated carbocycles. The summed E-state index contributed by atoms with van der Waals surface area (Å²) in [4.78, 5) is 23.8. The van der Waals surface area contributed by atoms with Crippen molar-refractivity contribution in [1.29, 1.82) is 0 Å². The first-order chi connectivity index (χ1) is 12.6. The van der Waals surface area contributed by atoms with Gasteiger partial charge in [-0.2, -0.15) is 0 Å². The first-order valence-electron chi connectivity index (χ1n) is 8.10. The van der Waals surface area contributed by atoms with Gasteiger partial charge in [0.25, 0.3) is 0 Å². The summed E-state index contributed by atoms with van der Waals surface area (Å²) in [5, 5.41) is 9.06. The molecule has 2 heterocycles. The minimum absolute atomic E-state index is 0.139. The zero-order chi connectivity index (χ0) is 18.4. The zero-order valence-electron chi connectivity index (χ0n) is 14.2. The quantitative estimate of drug-likeness (QED) is 0.797. The van der Waals surface area contributed by atoms with Crippen molar-refractivity contribution in [3.63, 3.8) is 0 Å². The standard InChI is InChI=1S/C17H19N3O5S/c1-11-7-15(20-25-11)19-17(22)10-26-9-16(21)18-12-3-4-13-14(8-12)24-6-2-5-23-13/h3-4,7-8H,2,5-6,9-10H2,1H3,(H,18,21)(H,19,20,22). The second kappa shape index (κ2) is 8.61. The van der Waals surface area contributed by atoms with E-state index >= 15 is 0 Å². The number of ether oxygens (including phenoxy) is 2. The summed E-state index contributed by atoms with van der Waals surface area (Å²) >= 11 is 1.21. The second-order valence-corrected chi connectivity index (χ2v) is 6.61. The Kier molecular flexibility index (Phi) is 6.00. The normalized spacial score (nSPS) is 13.0. The molecule has 2 aromatic rings. The Bertz CT molecular complexity index is 792. The SMILES string of the molecule is Cc1cc(NC(=O)CSCC(=O)Nc2ccc3c(c2)OCCCO3)no1. The van der Waals surface area contributed by atoms with Crippen molar-refractivity contribution >= 4 is 35.1 Å². The molecule has 0 atom stereocenters. The van der Waals surface area contributed by atoms with E-state index in [1.165, 1.54) is 11.8 Å². The molecule has 1 aliphatic rings. The maximum absolute atomic E-state index is 12.0. The van der Waals surface area contributed by atoms with E-state index in [4.69, 9.17) is 14.0 Å². The number of aromatic nitrogens is 1. The van der Waals surface area contributed by atoms with Crippen molar-refractivity contribution in [2.24, 2.45) is 0 Å². The van der Waals surface area contributed by atoms with Crippen LogP contribution < -0.4 is 20.1 Å². The Morgan fingerprint density at radius 1 is 1.08 bits per heavy atom. The minimum atomic E-state index is -0.244. The van der Waals surface area contributed by atoms with Crippen molar-refractivity contribution in [1.82, 2.24) is 5.16 Å². The molecule has 0 aliphatic carbocycles. The van der Waals surface area contributed by atoms with E-state index in [0.717, 1.165) is 6.42 Å². The number of hydrogen-bond acceptors (Lipinski definition) is 7. The van der Waals surface area contributed by atoms with Crippen molar-refractivity contribution in [3.8, 4) is 11.5 Å². The lowest BCUT2D eigenvalue weighted by Gasteiger charge is -2.10. The van der Waals surface area contributed by atoms with E-state index in [9.17, 15) is 9.59 Å². The first kappa shape index (κ1) is 18.1. The molecule has 0 spiro atoms. The summed E-state index contributed by atoms with van der Waals surface area (Å²) in [5.74, 6) is 2.12. The zero-order valence-corrected chi connectivity index (χ0v) is 15.1. The number of aryl methyl sites for hydroxylation is 1. The molecular weight excluding hydrogens is 358 g/mol. The van der Waals surface area contributed by atoms with Crippen LogP contribution in [-0.4, -0.2) is 41.7 Å². The van der Waals surface area contributed by atoms with Gasteiger partial charge in [0, 0.05) is 24.2 Å². The number of amides is 2. The van der Waals surface area contributed by atoms with E-state index in [0.29, 0.717) is 42.0 Å². The van der Waals surface area contributed by atoms with Gasteiger partial charge in [0.1, 0.15) is 5.76 Å². The Morgan fingerprint density at radius 2 is 1.81 bits per heavy atom. The van der Waals surface area contributed by atoms with Crippen LogP contribution in [0, 0.1) is 6.92 Å². The van der Waals surface area contributed by atoms with Crippen molar-refractivity contribution < 1.29 is 23.6 Å². The fraction of sp³-hybridized carbons (Fsp3) is 0.353. The molecule has 26 heavy (non-hydrogen) atoms. The highest BCUT2D eigenvalue weighted by Gasteiger charge is 2.12. The van der Waals surface area contributed by atoms with Crippen LogP contribution in [0.3, 0.4) is 0 Å². The summed E-state index contributed by atoms with van der Waals surface area (Å²) in [5.41, 5.74) is 0.627. The average Bonchev–Trinajstić information content (AvgIpc) is 2.87. The highest BCUT2D eigenvalue weighted by molar-refractivity contribution is 8.00. The molecule has 8 nitrogen and oxygen atoms in total. The van der Waals surface area contributed by atoms with E-state index in [-0.39, 0.29) is 23.3 Å². The molecule has 0 bridgehead atoms. The van der Waals surface area contributed by atoms with Gasteiger partial charge in [0.2, 0.25) is 11.8 Å². The van der Waals surface area contributed by atoms with E-state index in [1.54, 1.807) is 31.2 Å². The van der Waals surface area contributed by atoms with E-state index < -0.39 is 0 Å². The number of carbonyl (C=O) groups is 2. The van der Waals surface area contributed by atoms with Gasteiger partial charge >= 0.3 is 0 Å². The maximum Gasteiger partial charge on any atom is 0.235 e. The predicted molar refractivity (Wildman–Crippen MR) is 97.9 cm³/mol. The van der Waals surface area contributed by atoms with Crippen LogP contribution in [0.1, 0.15) is 12.2 Å². The molecule has 3 rings (SSSR count). The lowest BCUT2D eigenvalue weighted by molar-refractivity contribution is -0.114. The van der Waals surface area contributed by atoms with Crippen molar-refractivity contribution in [2.45, 2.75) is 13.3 Å². The maximum atomic E-state index is 12.0. The second-order valence-electron chi connectivity index (χ2n) is 5.62. The van der Waals surface area contributed by atoms with Gasteiger partial charge in [-0.15, -0.1) is 11.8 Å². The van der Waals surface area contributed by atoms with Crippen molar-refractivity contribution in [2.75, 3.05) is 35.4 Å². The Morgan fingerprint density at radius 3 is 2.54 bits per heavy atom. The van der Waals surface area contributed by atoms with Crippen molar-refractivity contribution in [3.05, 3.63) is 30.0 Å². The van der Waals surface area contributed by atoms with Gasteiger partial charge in [0.05, 0.1) is 24.7 Å². The number of anilines is 2. The predicted octanol–water partition coefficient (Wildman–Crippen LogP) is 2.45. The van der Waals surface area contributed by atoms with Crippen LogP contribution in [0.15, 0.2) is 28.8 Å². The Labute approximate surface area is 154 Å². The average molecular weight is 377 g/mol. The largest absolute Gasteiger partial charge is 0.490 e. The Hall–Kier alpha value is -2.68. The number of carbonyl (C=O) groups excluding carboxylic acids is 2. The smallest absolute Gasteiger partial charge is 0.235 e. The molecule has 1 aromatic carbocycles. The summed E-state index contributed by atoms with van der Waals surface area (Å²) in [6.45, 7) is 2.94. The molecule has 1 aromatic heterocycles. The van der Waals surface area contributed by atoms with Gasteiger partial charge in [0.15, 0.2) is 17.3 Å². The van der Waals surface area contributed by atoms with Crippen LogP contribution in [0.2, 0.25) is 0 Å². The number of hydrogen-bond donors (Lipinski definition) is 2. The highest BCUT2D eigenvalue weighted by Crippen LogP contribution is 2.32. The summed E-state index contributed by atoms with van der Waals surface area (Å²) < 4.78 is 16.0. The minimum Gasteiger partial charge on any atom is -0.490 e. The fourth-order valence-electron chi connectivity index (χ4n) is 2.28. The van der Waals surface area contributed by atoms with Gasteiger partial charge in [-0.25, -0.2) is 0 Å². The summed E-state index contributed by atoms with van der Waals surface area (Å²) in [6.07, 6.45) is 0.822. The molecule has 2 N–H and O–H groups in total. The third-order valence-electron chi connectivity index (χ3n) is 3.39. The highest BCUT2D eigenvalue weighted by atomic mass is 32.2. The Balaban J connectivity index is 1.42. The number of fused-ring (bicyclic) bond motifs is 1. The molecule has 1 aliphatic heterocycles. The monoisotopic (exact) mass is 377 g/mol. The first-order valence-corrected chi connectivity index (χ1v) is 9.26. The molecule has 0 saturated heterocycles. The van der Waals surface area contributed by atoms with Crippen LogP contribution in [-0.2, 0) is 9.59 Å². The number of rotatable bonds is 6. The van der Waals surface area contributed by atoms with Crippen LogP contribution >= 0.6 is 11.8 Å². The third-order valence-corrected chi connectivity index (χ3v) is 4.33. The summed E-state index contributed by atoms with van der Waals surface area (Å²) in [7, 11) is 0. The van der Waals surface area contributed by atoms with Gasteiger partial charge in [-0.3, -0.25) is 9.59 Å². The molecule has 0 radical (unpaired) electrons. The fourth-order valence-corrected chi connectivity index (χ4v) is 2.90. The molecule has 2 amide bonds. The van der Waals surface area contributed by atoms with Crippen LogP contribution in [0.4, 0.5) is 11.5 Å². The number of nitrogens with one attached hydrogen (secondary N) is 2. The molecular formula is C17H19N3O5S. The number of thioether (sulfide) groups is 1. The lowest BCUT2D eigenvalue weighted by atomic mass is 10.2. The molecule has 0 unspecified atom stereocenters. The number of nitrogens with zero attached hydrogens (tertiary/aromatic N) is 1. The molecule has 138 valence electrons. The topological polar surface area (TPSA) is 103 Å². The van der Waals surface area contributed by atoms with E-state index in [1.807, 2.05) is 0 Å². The van der Waals surface area contributed by atoms with E-state index in [2.05, 4.69) is 15.8 Å². The van der Waals surface area contributed by atoms with Gasteiger partial charge in [-0.05, 0) is 19.1 Å². The number of benzene rings is 1. The van der Waals surface area contributed by atoms with Crippen LogP contribution in [0.25, 0.3) is 0 Å². The summed E-state index contributed by atoms with van der Waals surface area (Å²) in [6, 6.07) is 6.90. The van der Waals surface area contributed by atoms with Crippen LogP contribution in [0.5, 0.6) is 11.5 Å². The van der Waals surface area contributed by atoms with Gasteiger partial charge < -0.3 is 24.6 Å². The third kappa shape index (κ3) is 5.16. The molecule has 9 heteroatoms. The lowest BCUT2D eigenvalue weighted by Crippen LogP contribution is -2.18. The molecule has 0 fully saturated rings. The van der Waals surface area contributed by atoms with Gasteiger partial charge in [-0.1, -0.05) is 5.16 Å².